The van der Waals surface area contributed by atoms with E-state index in [0.717, 1.165) is 19.3 Å². The zero-order valence-corrected chi connectivity index (χ0v) is 8.98. The minimum atomic E-state index is -4.07. The number of nitrogens with two attached hydrogens (primary N) is 1. The lowest BCUT2D eigenvalue weighted by molar-refractivity contribution is -0.137. The normalized spacial score (nSPS) is 29.4. The first-order valence-electron chi connectivity index (χ1n) is 5.47. The van der Waals surface area contributed by atoms with Crippen LogP contribution in [-0.4, -0.2) is 12.2 Å². The molecule has 0 radical (unpaired) electrons. The van der Waals surface area contributed by atoms with Crippen molar-refractivity contribution < 1.29 is 13.2 Å². The second kappa shape index (κ2) is 5.16. The van der Waals surface area contributed by atoms with E-state index in [1.165, 1.54) is 0 Å². The summed E-state index contributed by atoms with van der Waals surface area (Å²) in [6, 6.07) is -0.191. The standard InChI is InChI=1S/C10H19F3N2/c1-7-3-2-4-8(7)9(15-14)5-6-10(11,12)13/h7-9,15H,2-6,14H2,1H3. The molecule has 0 aliphatic heterocycles. The van der Waals surface area contributed by atoms with Crippen molar-refractivity contribution in [3.63, 3.8) is 0 Å². The van der Waals surface area contributed by atoms with Crippen LogP contribution in [0.3, 0.4) is 0 Å². The van der Waals surface area contributed by atoms with Gasteiger partial charge in [-0.25, -0.2) is 0 Å². The molecule has 0 aromatic rings. The SMILES string of the molecule is CC1CCCC1C(CCC(F)(F)F)NN. The molecule has 0 saturated heterocycles. The predicted molar refractivity (Wildman–Crippen MR) is 52.9 cm³/mol. The molecule has 3 N–H and O–H groups in total. The predicted octanol–water partition coefficient (Wildman–Crippen LogP) is 2.60. The van der Waals surface area contributed by atoms with Gasteiger partial charge in [0.25, 0.3) is 0 Å². The van der Waals surface area contributed by atoms with Gasteiger partial charge in [0.15, 0.2) is 0 Å². The Kier molecular flexibility index (Phi) is 4.40. The highest BCUT2D eigenvalue weighted by atomic mass is 19.4. The summed E-state index contributed by atoms with van der Waals surface area (Å²) in [6.07, 6.45) is -1.52. The van der Waals surface area contributed by atoms with Crippen molar-refractivity contribution in [1.82, 2.24) is 5.43 Å². The Bertz CT molecular complexity index is 194. The molecule has 0 amide bonds. The van der Waals surface area contributed by atoms with Crippen molar-refractivity contribution in [3.8, 4) is 0 Å². The first kappa shape index (κ1) is 12.8. The van der Waals surface area contributed by atoms with Crippen molar-refractivity contribution in [1.29, 1.82) is 0 Å². The highest BCUT2D eigenvalue weighted by molar-refractivity contribution is 4.84. The number of hydrazine groups is 1. The van der Waals surface area contributed by atoms with Crippen molar-refractivity contribution in [2.75, 3.05) is 0 Å². The first-order valence-corrected chi connectivity index (χ1v) is 5.47. The lowest BCUT2D eigenvalue weighted by atomic mass is 9.88. The minimum Gasteiger partial charge on any atom is -0.271 e. The molecular formula is C10H19F3N2. The van der Waals surface area contributed by atoms with E-state index in [2.05, 4.69) is 12.3 Å². The van der Waals surface area contributed by atoms with Gasteiger partial charge in [0.1, 0.15) is 0 Å². The van der Waals surface area contributed by atoms with Crippen LogP contribution in [0.5, 0.6) is 0 Å². The fourth-order valence-corrected chi connectivity index (χ4v) is 2.51. The minimum absolute atomic E-state index is 0.0923. The smallest absolute Gasteiger partial charge is 0.271 e. The van der Waals surface area contributed by atoms with Crippen LogP contribution in [0.15, 0.2) is 0 Å². The molecule has 1 saturated carbocycles. The molecule has 2 nitrogen and oxygen atoms in total. The Balaban J connectivity index is 2.41. The van der Waals surface area contributed by atoms with Gasteiger partial charge in [-0.2, -0.15) is 13.2 Å². The zero-order valence-electron chi connectivity index (χ0n) is 8.98. The molecule has 5 heteroatoms. The molecule has 0 spiro atoms. The fraction of sp³-hybridized carbons (Fsp3) is 1.00. The van der Waals surface area contributed by atoms with Crippen LogP contribution in [0.2, 0.25) is 0 Å². The molecule has 0 bridgehead atoms. The summed E-state index contributed by atoms with van der Waals surface area (Å²) in [5.41, 5.74) is 2.55. The van der Waals surface area contributed by atoms with Gasteiger partial charge in [-0.1, -0.05) is 19.8 Å². The molecule has 1 rings (SSSR count). The topological polar surface area (TPSA) is 38.0 Å². The molecule has 0 aromatic carbocycles. The van der Waals surface area contributed by atoms with Gasteiger partial charge in [-0.15, -0.1) is 0 Å². The number of halogens is 3. The highest BCUT2D eigenvalue weighted by Gasteiger charge is 2.34. The second-order valence-corrected chi connectivity index (χ2v) is 4.50. The lowest BCUT2D eigenvalue weighted by Crippen LogP contribution is -2.42. The molecule has 90 valence electrons. The molecule has 3 unspecified atom stereocenters. The summed E-state index contributed by atoms with van der Waals surface area (Å²) in [5, 5.41) is 0. The maximum absolute atomic E-state index is 12.1. The third kappa shape index (κ3) is 3.99. The molecule has 1 aliphatic carbocycles. The number of nitrogens with one attached hydrogen (secondary N) is 1. The third-order valence-corrected chi connectivity index (χ3v) is 3.40. The third-order valence-electron chi connectivity index (χ3n) is 3.40. The molecule has 1 fully saturated rings. The van der Waals surface area contributed by atoms with E-state index in [0.29, 0.717) is 11.8 Å². The van der Waals surface area contributed by atoms with Crippen LogP contribution < -0.4 is 11.3 Å². The lowest BCUT2D eigenvalue weighted by Gasteiger charge is -2.26. The quantitative estimate of drug-likeness (QED) is 0.569. The fourth-order valence-electron chi connectivity index (χ4n) is 2.51. The summed E-state index contributed by atoms with van der Waals surface area (Å²) >= 11 is 0. The average Bonchev–Trinajstić information content (AvgIpc) is 2.52. The van der Waals surface area contributed by atoms with Crippen LogP contribution in [-0.2, 0) is 0 Å². The van der Waals surface area contributed by atoms with E-state index in [-0.39, 0.29) is 12.5 Å². The van der Waals surface area contributed by atoms with Gasteiger partial charge in [0.05, 0.1) is 0 Å². The number of alkyl halides is 3. The van der Waals surface area contributed by atoms with Crippen LogP contribution >= 0.6 is 0 Å². The van der Waals surface area contributed by atoms with Gasteiger partial charge in [0, 0.05) is 12.5 Å². The summed E-state index contributed by atoms with van der Waals surface area (Å²) in [5.74, 6) is 6.12. The summed E-state index contributed by atoms with van der Waals surface area (Å²) in [6.45, 7) is 2.09. The van der Waals surface area contributed by atoms with Gasteiger partial charge in [-0.05, 0) is 24.7 Å². The van der Waals surface area contributed by atoms with E-state index in [1.807, 2.05) is 0 Å². The van der Waals surface area contributed by atoms with E-state index in [1.54, 1.807) is 0 Å². The maximum Gasteiger partial charge on any atom is 0.389 e. The van der Waals surface area contributed by atoms with Crippen LogP contribution in [0.25, 0.3) is 0 Å². The summed E-state index contributed by atoms with van der Waals surface area (Å²) in [7, 11) is 0. The monoisotopic (exact) mass is 224 g/mol. The molecule has 0 heterocycles. The van der Waals surface area contributed by atoms with Crippen molar-refractivity contribution in [3.05, 3.63) is 0 Å². The van der Waals surface area contributed by atoms with E-state index >= 15 is 0 Å². The second-order valence-electron chi connectivity index (χ2n) is 4.50. The molecule has 0 aromatic heterocycles. The van der Waals surface area contributed by atoms with Gasteiger partial charge < -0.3 is 0 Å². The largest absolute Gasteiger partial charge is 0.389 e. The number of hydrogen-bond donors (Lipinski definition) is 2. The summed E-state index contributed by atoms with van der Waals surface area (Å²) in [4.78, 5) is 0. The van der Waals surface area contributed by atoms with Crippen LogP contribution in [0, 0.1) is 11.8 Å². The first-order chi connectivity index (χ1) is 6.94. The Labute approximate surface area is 88.4 Å². The van der Waals surface area contributed by atoms with Crippen molar-refractivity contribution >= 4 is 0 Å². The van der Waals surface area contributed by atoms with E-state index in [4.69, 9.17) is 5.84 Å². The van der Waals surface area contributed by atoms with Crippen molar-refractivity contribution in [2.24, 2.45) is 17.7 Å². The average molecular weight is 224 g/mol. The van der Waals surface area contributed by atoms with Crippen LogP contribution in [0.4, 0.5) is 13.2 Å². The van der Waals surface area contributed by atoms with Gasteiger partial charge in [0.2, 0.25) is 0 Å². The maximum atomic E-state index is 12.1. The molecular weight excluding hydrogens is 205 g/mol. The van der Waals surface area contributed by atoms with E-state index in [9.17, 15) is 13.2 Å². The Morgan fingerprint density at radius 1 is 1.40 bits per heavy atom. The number of hydrogen-bond acceptors (Lipinski definition) is 2. The highest BCUT2D eigenvalue weighted by Crippen LogP contribution is 2.36. The Hall–Kier alpha value is -0.290. The number of rotatable bonds is 4. The van der Waals surface area contributed by atoms with Gasteiger partial charge >= 0.3 is 6.18 Å². The summed E-state index contributed by atoms with van der Waals surface area (Å²) < 4.78 is 36.2. The Morgan fingerprint density at radius 3 is 2.47 bits per heavy atom. The molecule has 15 heavy (non-hydrogen) atoms. The molecule has 1 aliphatic rings. The van der Waals surface area contributed by atoms with Crippen molar-refractivity contribution in [2.45, 2.75) is 51.2 Å². The van der Waals surface area contributed by atoms with Gasteiger partial charge in [-0.3, -0.25) is 11.3 Å². The molecule has 3 atom stereocenters. The van der Waals surface area contributed by atoms with E-state index < -0.39 is 12.6 Å². The van der Waals surface area contributed by atoms with Crippen LogP contribution in [0.1, 0.15) is 39.0 Å². The zero-order chi connectivity index (χ0) is 11.5. The Morgan fingerprint density at radius 2 is 2.07 bits per heavy atom.